The van der Waals surface area contributed by atoms with Gasteiger partial charge < -0.3 is 4.57 Å². The minimum atomic E-state index is -3.27. The van der Waals surface area contributed by atoms with E-state index >= 15 is 0 Å². The molecule has 0 unspecified atom stereocenters. The molecule has 1 aromatic heterocycles. The van der Waals surface area contributed by atoms with E-state index in [0.717, 1.165) is 29.4 Å². The van der Waals surface area contributed by atoms with E-state index in [1.54, 1.807) is 12.5 Å². The maximum Gasteiger partial charge on any atom is 0.215 e. The summed E-state index contributed by atoms with van der Waals surface area (Å²) in [5, 5.41) is 0. The number of unbranched alkanes of at least 4 members (excludes halogenated alkanes) is 1. The number of halogens is 1. The minimum absolute atomic E-state index is 0.0157. The highest BCUT2D eigenvalue weighted by Crippen LogP contribution is 2.12. The van der Waals surface area contributed by atoms with E-state index in [9.17, 15) is 8.42 Å². The summed E-state index contributed by atoms with van der Waals surface area (Å²) in [5.74, 6) is 0.0157. The third kappa shape index (κ3) is 5.99. The Balaban J connectivity index is 1.70. The number of aromatic nitrogens is 2. The monoisotopic (exact) mass is 371 g/mol. The first kappa shape index (κ1) is 16.2. The summed E-state index contributed by atoms with van der Waals surface area (Å²) in [5.41, 5.74) is 0.782. The van der Waals surface area contributed by atoms with E-state index in [1.807, 2.05) is 35.0 Å². The van der Waals surface area contributed by atoms with E-state index in [4.69, 9.17) is 0 Å². The summed E-state index contributed by atoms with van der Waals surface area (Å²) in [7, 11) is -3.27. The first-order chi connectivity index (χ1) is 10.1. The second-order valence-electron chi connectivity index (χ2n) is 4.79. The van der Waals surface area contributed by atoms with Crippen LogP contribution in [0.2, 0.25) is 0 Å². The third-order valence-electron chi connectivity index (χ3n) is 2.99. The predicted octanol–water partition coefficient (Wildman–Crippen LogP) is 2.55. The average molecular weight is 372 g/mol. The summed E-state index contributed by atoms with van der Waals surface area (Å²) in [4.78, 5) is 3.96. The highest BCUT2D eigenvalue weighted by molar-refractivity contribution is 9.10. The van der Waals surface area contributed by atoms with Gasteiger partial charge in [-0.1, -0.05) is 28.1 Å². The molecule has 21 heavy (non-hydrogen) atoms. The van der Waals surface area contributed by atoms with E-state index in [1.165, 1.54) is 0 Å². The predicted molar refractivity (Wildman–Crippen MR) is 86.2 cm³/mol. The lowest BCUT2D eigenvalue weighted by Gasteiger charge is -2.07. The lowest BCUT2D eigenvalue weighted by Crippen LogP contribution is -2.26. The fourth-order valence-corrected chi connectivity index (χ4v) is 3.37. The van der Waals surface area contributed by atoms with Crippen LogP contribution in [-0.4, -0.2) is 24.5 Å². The molecule has 5 nitrogen and oxygen atoms in total. The molecule has 0 saturated carbocycles. The van der Waals surface area contributed by atoms with Gasteiger partial charge in [-0.3, -0.25) is 0 Å². The molecule has 1 aromatic carbocycles. The van der Waals surface area contributed by atoms with Gasteiger partial charge in [-0.25, -0.2) is 18.1 Å². The van der Waals surface area contributed by atoms with Gasteiger partial charge in [-0.05, 0) is 30.5 Å². The molecule has 0 aliphatic heterocycles. The van der Waals surface area contributed by atoms with E-state index in [2.05, 4.69) is 25.6 Å². The largest absolute Gasteiger partial charge is 0.337 e. The second kappa shape index (κ2) is 7.72. The molecule has 0 amide bonds. The van der Waals surface area contributed by atoms with Crippen LogP contribution in [0.15, 0.2) is 47.5 Å². The number of hydrogen-bond donors (Lipinski definition) is 1. The molecule has 0 saturated heterocycles. The van der Waals surface area contributed by atoms with Gasteiger partial charge in [0.1, 0.15) is 0 Å². The van der Waals surface area contributed by atoms with Gasteiger partial charge in [0.15, 0.2) is 0 Å². The first-order valence-electron chi connectivity index (χ1n) is 6.73. The van der Waals surface area contributed by atoms with Crippen LogP contribution < -0.4 is 4.72 Å². The van der Waals surface area contributed by atoms with Crippen molar-refractivity contribution in [2.75, 3.05) is 6.54 Å². The second-order valence-corrected chi connectivity index (χ2v) is 7.51. The van der Waals surface area contributed by atoms with Gasteiger partial charge in [0, 0.05) is 30.0 Å². The standard InChI is InChI=1S/C14H18BrN3O2S/c15-14-5-3-13(4-6-14)11-21(19,20)17-7-1-2-9-18-10-8-16-12-18/h3-6,8,10,12,17H,1-2,7,9,11H2. The molecule has 114 valence electrons. The van der Waals surface area contributed by atoms with E-state index in [0.29, 0.717) is 6.54 Å². The van der Waals surface area contributed by atoms with Crippen LogP contribution in [0.1, 0.15) is 18.4 Å². The maximum atomic E-state index is 11.9. The summed E-state index contributed by atoms with van der Waals surface area (Å²) >= 11 is 3.33. The van der Waals surface area contributed by atoms with Crippen molar-refractivity contribution >= 4 is 26.0 Å². The fraction of sp³-hybridized carbons (Fsp3) is 0.357. The smallest absolute Gasteiger partial charge is 0.215 e. The Hall–Kier alpha value is -1.18. The van der Waals surface area contributed by atoms with Crippen molar-refractivity contribution in [1.82, 2.24) is 14.3 Å². The Kier molecular flexibility index (Phi) is 5.96. The summed E-state index contributed by atoms with van der Waals surface area (Å²) in [6, 6.07) is 7.30. The molecular weight excluding hydrogens is 354 g/mol. The number of nitrogens with one attached hydrogen (secondary N) is 1. The van der Waals surface area contributed by atoms with Crippen molar-refractivity contribution in [1.29, 1.82) is 0 Å². The normalized spacial score (nSPS) is 11.7. The molecule has 0 fully saturated rings. The number of rotatable bonds is 8. The quantitative estimate of drug-likeness (QED) is 0.725. The van der Waals surface area contributed by atoms with Gasteiger partial charge in [0.05, 0.1) is 12.1 Å². The topological polar surface area (TPSA) is 64.0 Å². The SMILES string of the molecule is O=S(=O)(Cc1ccc(Br)cc1)NCCCCn1ccnc1. The van der Waals surface area contributed by atoms with E-state index < -0.39 is 10.0 Å². The van der Waals surface area contributed by atoms with Crippen LogP contribution >= 0.6 is 15.9 Å². The lowest BCUT2D eigenvalue weighted by atomic mass is 10.2. The minimum Gasteiger partial charge on any atom is -0.337 e. The van der Waals surface area contributed by atoms with Gasteiger partial charge in [0.25, 0.3) is 0 Å². The first-order valence-corrected chi connectivity index (χ1v) is 9.17. The molecule has 0 aliphatic rings. The summed E-state index contributed by atoms with van der Waals surface area (Å²) in [6.45, 7) is 1.32. The van der Waals surface area contributed by atoms with E-state index in [-0.39, 0.29) is 5.75 Å². The van der Waals surface area contributed by atoms with Crippen LogP contribution in [0.5, 0.6) is 0 Å². The lowest BCUT2D eigenvalue weighted by molar-refractivity contribution is 0.565. The van der Waals surface area contributed by atoms with Crippen LogP contribution in [0.4, 0.5) is 0 Å². The number of benzene rings is 1. The number of sulfonamides is 1. The average Bonchev–Trinajstić information content (AvgIpc) is 2.94. The molecule has 0 atom stereocenters. The third-order valence-corrected chi connectivity index (χ3v) is 4.88. The molecule has 0 aliphatic carbocycles. The number of imidazole rings is 1. The van der Waals surface area contributed by atoms with Crippen LogP contribution in [0.3, 0.4) is 0 Å². The molecule has 0 spiro atoms. The zero-order chi connectivity index (χ0) is 15.1. The number of nitrogens with zero attached hydrogens (tertiary/aromatic N) is 2. The van der Waals surface area contributed by atoms with Crippen LogP contribution in [0.25, 0.3) is 0 Å². The number of hydrogen-bond acceptors (Lipinski definition) is 3. The molecule has 2 rings (SSSR count). The maximum absolute atomic E-state index is 11.9. The highest BCUT2D eigenvalue weighted by atomic mass is 79.9. The van der Waals surface area contributed by atoms with Gasteiger partial charge in [-0.15, -0.1) is 0 Å². The molecular formula is C14H18BrN3O2S. The Morgan fingerprint density at radius 3 is 2.62 bits per heavy atom. The fourth-order valence-electron chi connectivity index (χ4n) is 1.92. The molecule has 2 aromatic rings. The zero-order valence-corrected chi connectivity index (χ0v) is 14.0. The Morgan fingerprint density at radius 1 is 1.19 bits per heavy atom. The Bertz CT molecular complexity index is 639. The van der Waals surface area contributed by atoms with Crippen molar-refractivity contribution < 1.29 is 8.42 Å². The van der Waals surface area contributed by atoms with Crippen LogP contribution in [-0.2, 0) is 22.3 Å². The van der Waals surface area contributed by atoms with Crippen molar-refractivity contribution in [3.05, 3.63) is 53.0 Å². The van der Waals surface area contributed by atoms with Gasteiger partial charge in [-0.2, -0.15) is 0 Å². The molecule has 0 bridgehead atoms. The molecule has 1 heterocycles. The zero-order valence-electron chi connectivity index (χ0n) is 11.6. The molecule has 7 heteroatoms. The van der Waals surface area contributed by atoms with Crippen molar-refractivity contribution in [3.8, 4) is 0 Å². The van der Waals surface area contributed by atoms with Crippen molar-refractivity contribution in [2.45, 2.75) is 25.1 Å². The summed E-state index contributed by atoms with van der Waals surface area (Å²) in [6.07, 6.45) is 7.12. The van der Waals surface area contributed by atoms with Gasteiger partial charge in [0.2, 0.25) is 10.0 Å². The molecule has 1 N–H and O–H groups in total. The van der Waals surface area contributed by atoms with Crippen LogP contribution in [0, 0.1) is 0 Å². The highest BCUT2D eigenvalue weighted by Gasteiger charge is 2.10. The number of aryl methyl sites for hydroxylation is 1. The Labute approximate surface area is 133 Å². The van der Waals surface area contributed by atoms with Crippen molar-refractivity contribution in [3.63, 3.8) is 0 Å². The molecule has 0 radical (unpaired) electrons. The van der Waals surface area contributed by atoms with Gasteiger partial charge >= 0.3 is 0 Å². The Morgan fingerprint density at radius 2 is 1.95 bits per heavy atom. The summed E-state index contributed by atoms with van der Waals surface area (Å²) < 4.78 is 29.4. The van der Waals surface area contributed by atoms with Crippen molar-refractivity contribution in [2.24, 2.45) is 0 Å².